The van der Waals surface area contributed by atoms with Gasteiger partial charge in [0.15, 0.2) is 0 Å². The maximum Gasteiger partial charge on any atom is 0.0119 e. The average molecular weight is 213 g/mol. The summed E-state index contributed by atoms with van der Waals surface area (Å²) in [6.07, 6.45) is 12.3. The Morgan fingerprint density at radius 1 is 1.00 bits per heavy atom. The van der Waals surface area contributed by atoms with Crippen molar-refractivity contribution in [3.63, 3.8) is 0 Å². The molecule has 0 unspecified atom stereocenters. The van der Waals surface area contributed by atoms with E-state index in [2.05, 4.69) is 19.2 Å². The molecular formula is C12H21OS-. The van der Waals surface area contributed by atoms with E-state index >= 15 is 0 Å². The SMILES string of the molecule is C=CCCCCCCCCCC(=O)[S-]. The van der Waals surface area contributed by atoms with E-state index in [4.69, 9.17) is 0 Å². The Labute approximate surface area is 93.4 Å². The zero-order valence-corrected chi connectivity index (χ0v) is 9.78. The zero-order chi connectivity index (χ0) is 10.6. The molecule has 0 heterocycles. The van der Waals surface area contributed by atoms with Gasteiger partial charge in [-0.1, -0.05) is 38.2 Å². The Hall–Kier alpha value is -0.370. The van der Waals surface area contributed by atoms with E-state index < -0.39 is 0 Å². The summed E-state index contributed by atoms with van der Waals surface area (Å²) in [7, 11) is 0. The van der Waals surface area contributed by atoms with Crippen LogP contribution >= 0.6 is 0 Å². The molecule has 14 heavy (non-hydrogen) atoms. The Morgan fingerprint density at radius 2 is 1.50 bits per heavy atom. The smallest absolute Gasteiger partial charge is 0.0119 e. The molecule has 2 heteroatoms. The highest BCUT2D eigenvalue weighted by Gasteiger charge is 1.91. The lowest BCUT2D eigenvalue weighted by Crippen LogP contribution is -1.90. The number of hydrogen-bond donors (Lipinski definition) is 0. The van der Waals surface area contributed by atoms with Crippen LogP contribution in [0.2, 0.25) is 0 Å². The second-order valence-electron chi connectivity index (χ2n) is 3.67. The molecule has 0 bridgehead atoms. The van der Waals surface area contributed by atoms with Crippen molar-refractivity contribution >= 4 is 17.7 Å². The molecule has 0 aliphatic heterocycles. The lowest BCUT2D eigenvalue weighted by Gasteiger charge is -2.03. The molecule has 0 radical (unpaired) electrons. The van der Waals surface area contributed by atoms with Gasteiger partial charge in [0.1, 0.15) is 0 Å². The summed E-state index contributed by atoms with van der Waals surface area (Å²) in [5.74, 6) is 0. The highest BCUT2D eigenvalue weighted by molar-refractivity contribution is 7.77. The van der Waals surface area contributed by atoms with E-state index in [1.54, 1.807) is 0 Å². The summed E-state index contributed by atoms with van der Waals surface area (Å²) in [6, 6.07) is 0. The number of rotatable bonds is 10. The van der Waals surface area contributed by atoms with E-state index in [0.29, 0.717) is 6.42 Å². The maximum absolute atomic E-state index is 10.5. The van der Waals surface area contributed by atoms with Crippen molar-refractivity contribution in [1.82, 2.24) is 0 Å². The van der Waals surface area contributed by atoms with Crippen molar-refractivity contribution in [2.24, 2.45) is 0 Å². The summed E-state index contributed by atoms with van der Waals surface area (Å²) < 4.78 is 0. The molecule has 0 amide bonds. The van der Waals surface area contributed by atoms with Crippen LogP contribution in [0.3, 0.4) is 0 Å². The number of carbonyl (C=O) groups is 1. The fraction of sp³-hybridized carbons (Fsp3) is 0.750. The third-order valence-electron chi connectivity index (χ3n) is 2.29. The Kier molecular flexibility index (Phi) is 10.4. The second-order valence-corrected chi connectivity index (χ2v) is 4.13. The van der Waals surface area contributed by atoms with E-state index in [0.717, 1.165) is 19.3 Å². The van der Waals surface area contributed by atoms with Crippen LogP contribution in [0.1, 0.15) is 57.8 Å². The third kappa shape index (κ3) is 11.6. The minimum atomic E-state index is -0.0871. The van der Waals surface area contributed by atoms with Gasteiger partial charge in [-0.15, -0.1) is 6.58 Å². The van der Waals surface area contributed by atoms with E-state index in [1.165, 1.54) is 32.1 Å². The van der Waals surface area contributed by atoms with Crippen LogP contribution in [0, 0.1) is 0 Å². The van der Waals surface area contributed by atoms with Crippen LogP contribution in [0.15, 0.2) is 12.7 Å². The maximum atomic E-state index is 10.5. The molecule has 0 aliphatic rings. The number of carbonyl (C=O) groups excluding carboxylic acids is 1. The topological polar surface area (TPSA) is 17.1 Å². The normalized spacial score (nSPS) is 10.0. The number of unbranched alkanes of at least 4 members (excludes halogenated alkanes) is 7. The summed E-state index contributed by atoms with van der Waals surface area (Å²) >= 11 is 4.48. The Bertz CT molecular complexity index is 154. The fourth-order valence-electron chi connectivity index (χ4n) is 1.44. The lowest BCUT2D eigenvalue weighted by atomic mass is 10.1. The average Bonchev–Trinajstić information content (AvgIpc) is 2.15. The summed E-state index contributed by atoms with van der Waals surface area (Å²) in [5, 5.41) is -0.0871. The predicted octanol–water partition coefficient (Wildman–Crippen LogP) is 3.76. The monoisotopic (exact) mass is 213 g/mol. The van der Waals surface area contributed by atoms with Gasteiger partial charge in [0.05, 0.1) is 0 Å². The quantitative estimate of drug-likeness (QED) is 0.312. The van der Waals surface area contributed by atoms with Gasteiger partial charge in [-0.25, -0.2) is 0 Å². The van der Waals surface area contributed by atoms with Gasteiger partial charge in [0.25, 0.3) is 0 Å². The first kappa shape index (κ1) is 13.6. The molecule has 0 rings (SSSR count). The van der Waals surface area contributed by atoms with Gasteiger partial charge in [-0.3, -0.25) is 0 Å². The Morgan fingerprint density at radius 3 is 2.00 bits per heavy atom. The molecule has 1 nitrogen and oxygen atoms in total. The van der Waals surface area contributed by atoms with E-state index in [9.17, 15) is 4.79 Å². The predicted molar refractivity (Wildman–Crippen MR) is 64.1 cm³/mol. The molecular weight excluding hydrogens is 192 g/mol. The van der Waals surface area contributed by atoms with Gasteiger partial charge in [-0.05, 0) is 25.7 Å². The van der Waals surface area contributed by atoms with Crippen LogP contribution in [0.5, 0.6) is 0 Å². The van der Waals surface area contributed by atoms with Gasteiger partial charge >= 0.3 is 0 Å². The van der Waals surface area contributed by atoms with Crippen molar-refractivity contribution in [2.75, 3.05) is 0 Å². The molecule has 0 aromatic rings. The largest absolute Gasteiger partial charge is 0.742 e. The molecule has 0 atom stereocenters. The van der Waals surface area contributed by atoms with Crippen molar-refractivity contribution in [2.45, 2.75) is 57.8 Å². The van der Waals surface area contributed by atoms with Crippen molar-refractivity contribution in [1.29, 1.82) is 0 Å². The van der Waals surface area contributed by atoms with Crippen molar-refractivity contribution < 1.29 is 4.79 Å². The van der Waals surface area contributed by atoms with Gasteiger partial charge in [0.2, 0.25) is 0 Å². The highest BCUT2D eigenvalue weighted by Crippen LogP contribution is 2.09. The molecule has 82 valence electrons. The highest BCUT2D eigenvalue weighted by atomic mass is 32.1. The first-order valence-corrected chi connectivity index (χ1v) is 5.99. The molecule has 0 N–H and O–H groups in total. The third-order valence-corrected chi connectivity index (χ3v) is 2.49. The lowest BCUT2D eigenvalue weighted by molar-refractivity contribution is -0.111. The standard InChI is InChI=1S/C12H22OS/c1-2-3-4-5-6-7-8-9-10-11-12(13)14/h2H,1,3-11H2,(H,13,14)/p-1. The number of hydrogen-bond acceptors (Lipinski definition) is 2. The zero-order valence-electron chi connectivity index (χ0n) is 8.96. The van der Waals surface area contributed by atoms with E-state index in [-0.39, 0.29) is 5.12 Å². The molecule has 0 aromatic carbocycles. The number of allylic oxidation sites excluding steroid dienone is 1. The summed E-state index contributed by atoms with van der Waals surface area (Å²) in [4.78, 5) is 10.5. The molecule has 0 aliphatic carbocycles. The van der Waals surface area contributed by atoms with Gasteiger partial charge < -0.3 is 17.4 Å². The molecule has 0 spiro atoms. The minimum Gasteiger partial charge on any atom is -0.742 e. The molecule has 0 aromatic heterocycles. The van der Waals surface area contributed by atoms with Gasteiger partial charge in [-0.2, -0.15) is 0 Å². The van der Waals surface area contributed by atoms with Crippen LogP contribution in [0.25, 0.3) is 0 Å². The summed E-state index contributed by atoms with van der Waals surface area (Å²) in [6.45, 7) is 3.69. The second kappa shape index (κ2) is 10.7. The van der Waals surface area contributed by atoms with Crippen molar-refractivity contribution in [3.05, 3.63) is 12.7 Å². The van der Waals surface area contributed by atoms with Crippen LogP contribution in [0.4, 0.5) is 0 Å². The van der Waals surface area contributed by atoms with Crippen LogP contribution in [-0.2, 0) is 17.4 Å². The van der Waals surface area contributed by atoms with E-state index in [1.807, 2.05) is 6.08 Å². The molecule has 0 saturated carbocycles. The molecule has 0 fully saturated rings. The molecule has 0 saturated heterocycles. The van der Waals surface area contributed by atoms with Crippen LogP contribution in [-0.4, -0.2) is 5.12 Å². The first-order valence-electron chi connectivity index (χ1n) is 5.58. The van der Waals surface area contributed by atoms with Gasteiger partial charge in [0, 0.05) is 5.12 Å². The fourth-order valence-corrected chi connectivity index (χ4v) is 1.59. The first-order chi connectivity index (χ1) is 6.77. The van der Waals surface area contributed by atoms with Crippen LogP contribution < -0.4 is 0 Å². The summed E-state index contributed by atoms with van der Waals surface area (Å²) in [5.41, 5.74) is 0. The van der Waals surface area contributed by atoms with Crippen molar-refractivity contribution in [3.8, 4) is 0 Å². The minimum absolute atomic E-state index is 0.0871. The Balaban J connectivity index is 2.92.